The molecule has 1 heterocycles. The number of aliphatic carboxylic acids is 1. The fourth-order valence-corrected chi connectivity index (χ4v) is 3.36. The number of carboxylic acids is 1. The Kier molecular flexibility index (Phi) is 3.66. The molecule has 17 heavy (non-hydrogen) atoms. The highest BCUT2D eigenvalue weighted by atomic mass is 16.4. The van der Waals surface area contributed by atoms with E-state index in [0.717, 1.165) is 19.3 Å². The largest absolute Gasteiger partial charge is 0.480 e. The Bertz CT molecular complexity index is 319. The predicted molar refractivity (Wildman–Crippen MR) is 62.3 cm³/mol. The molecule has 2 aliphatic rings. The molecule has 1 saturated carbocycles. The van der Waals surface area contributed by atoms with Gasteiger partial charge < -0.3 is 10.8 Å². The van der Waals surface area contributed by atoms with Crippen molar-refractivity contribution in [1.29, 1.82) is 0 Å². The van der Waals surface area contributed by atoms with Crippen LogP contribution >= 0.6 is 0 Å². The lowest BCUT2D eigenvalue weighted by atomic mass is 9.85. The number of carboxylic acid groups (broad SMARTS) is 1. The third-order valence-electron chi connectivity index (χ3n) is 4.12. The topological polar surface area (TPSA) is 83.6 Å². The molecule has 0 radical (unpaired) electrons. The molecule has 0 aromatic heterocycles. The van der Waals surface area contributed by atoms with Crippen molar-refractivity contribution in [3.63, 3.8) is 0 Å². The highest BCUT2D eigenvalue weighted by molar-refractivity contribution is 5.75. The first kappa shape index (κ1) is 12.4. The van der Waals surface area contributed by atoms with Crippen LogP contribution in [0.4, 0.5) is 0 Å². The Labute approximate surface area is 101 Å². The second-order valence-corrected chi connectivity index (χ2v) is 5.16. The van der Waals surface area contributed by atoms with Crippen LogP contribution in [-0.4, -0.2) is 40.5 Å². The maximum absolute atomic E-state index is 11.2. The van der Waals surface area contributed by atoms with E-state index in [4.69, 9.17) is 5.73 Å². The van der Waals surface area contributed by atoms with Gasteiger partial charge >= 0.3 is 5.97 Å². The zero-order valence-corrected chi connectivity index (χ0v) is 9.97. The molecular formula is C12H20N2O3. The lowest BCUT2D eigenvalue weighted by molar-refractivity contribution is -0.143. The fourth-order valence-electron chi connectivity index (χ4n) is 3.36. The number of likely N-dealkylation sites (tertiary alicyclic amines) is 1. The molecule has 2 rings (SSSR count). The van der Waals surface area contributed by atoms with Crippen LogP contribution in [0.3, 0.4) is 0 Å². The molecule has 0 aromatic carbocycles. The van der Waals surface area contributed by atoms with Crippen LogP contribution in [0.15, 0.2) is 0 Å². The van der Waals surface area contributed by atoms with Gasteiger partial charge in [0.1, 0.15) is 6.04 Å². The number of carbonyl (C=O) groups excluding carboxylic acids is 1. The number of hydrogen-bond donors (Lipinski definition) is 2. The van der Waals surface area contributed by atoms with Crippen molar-refractivity contribution < 1.29 is 14.7 Å². The first-order chi connectivity index (χ1) is 8.09. The van der Waals surface area contributed by atoms with E-state index < -0.39 is 12.0 Å². The Morgan fingerprint density at radius 3 is 2.65 bits per heavy atom. The van der Waals surface area contributed by atoms with Gasteiger partial charge in [-0.05, 0) is 25.2 Å². The SMILES string of the molecule is NC(=O)CCN1C(C(=O)O)CC2CCCCC21. The molecule has 0 aromatic rings. The summed E-state index contributed by atoms with van der Waals surface area (Å²) < 4.78 is 0. The van der Waals surface area contributed by atoms with E-state index in [-0.39, 0.29) is 12.3 Å². The molecule has 1 amide bonds. The molecule has 0 bridgehead atoms. The summed E-state index contributed by atoms with van der Waals surface area (Å²) in [5.74, 6) is -0.616. The molecule has 1 aliphatic carbocycles. The van der Waals surface area contributed by atoms with Gasteiger partial charge in [0.15, 0.2) is 0 Å². The number of amides is 1. The monoisotopic (exact) mass is 240 g/mol. The predicted octanol–water partition coefficient (Wildman–Crippen LogP) is 0.579. The van der Waals surface area contributed by atoms with Crippen LogP contribution in [0, 0.1) is 5.92 Å². The van der Waals surface area contributed by atoms with E-state index in [9.17, 15) is 14.7 Å². The third kappa shape index (κ3) is 2.60. The van der Waals surface area contributed by atoms with Gasteiger partial charge in [0, 0.05) is 19.0 Å². The van der Waals surface area contributed by atoms with Crippen LogP contribution in [0.2, 0.25) is 0 Å². The molecular weight excluding hydrogens is 220 g/mol. The summed E-state index contributed by atoms with van der Waals surface area (Å²) in [4.78, 5) is 24.1. The minimum Gasteiger partial charge on any atom is -0.480 e. The Balaban J connectivity index is 2.06. The molecule has 3 atom stereocenters. The molecule has 5 heteroatoms. The van der Waals surface area contributed by atoms with Crippen LogP contribution in [0.1, 0.15) is 38.5 Å². The van der Waals surface area contributed by atoms with Gasteiger partial charge in [-0.2, -0.15) is 0 Å². The fraction of sp³-hybridized carbons (Fsp3) is 0.833. The van der Waals surface area contributed by atoms with Gasteiger partial charge in [-0.3, -0.25) is 14.5 Å². The number of rotatable bonds is 4. The average Bonchev–Trinajstić information content (AvgIpc) is 2.65. The molecule has 2 fully saturated rings. The van der Waals surface area contributed by atoms with Crippen LogP contribution in [0.5, 0.6) is 0 Å². The van der Waals surface area contributed by atoms with E-state index in [1.165, 1.54) is 12.8 Å². The van der Waals surface area contributed by atoms with Crippen molar-refractivity contribution >= 4 is 11.9 Å². The summed E-state index contributed by atoms with van der Waals surface area (Å²) in [6.45, 7) is 0.494. The van der Waals surface area contributed by atoms with E-state index in [0.29, 0.717) is 18.5 Å². The molecule has 3 unspecified atom stereocenters. The summed E-state index contributed by atoms with van der Waals surface area (Å²) in [5.41, 5.74) is 5.15. The zero-order valence-electron chi connectivity index (χ0n) is 9.97. The highest BCUT2D eigenvalue weighted by Crippen LogP contribution is 2.39. The standard InChI is InChI=1S/C12H20N2O3/c13-11(15)5-6-14-9-4-2-1-3-8(9)7-10(14)12(16)17/h8-10H,1-7H2,(H2,13,15)(H,16,17). The van der Waals surface area contributed by atoms with Gasteiger partial charge in [-0.15, -0.1) is 0 Å². The van der Waals surface area contributed by atoms with Crippen LogP contribution in [-0.2, 0) is 9.59 Å². The van der Waals surface area contributed by atoms with Crippen molar-refractivity contribution in [3.8, 4) is 0 Å². The minimum atomic E-state index is -0.760. The first-order valence-electron chi connectivity index (χ1n) is 6.36. The Hall–Kier alpha value is -1.10. The number of nitrogens with zero attached hydrogens (tertiary/aromatic N) is 1. The Morgan fingerprint density at radius 1 is 1.29 bits per heavy atom. The second kappa shape index (κ2) is 5.04. The number of primary amides is 1. The summed E-state index contributed by atoms with van der Waals surface area (Å²) >= 11 is 0. The molecule has 0 spiro atoms. The molecule has 1 saturated heterocycles. The van der Waals surface area contributed by atoms with Gasteiger partial charge in [-0.1, -0.05) is 12.8 Å². The Morgan fingerprint density at radius 2 is 2.00 bits per heavy atom. The van der Waals surface area contributed by atoms with Crippen molar-refractivity contribution in [3.05, 3.63) is 0 Å². The summed E-state index contributed by atoms with van der Waals surface area (Å²) in [6.07, 6.45) is 5.55. The summed E-state index contributed by atoms with van der Waals surface area (Å²) in [7, 11) is 0. The quantitative estimate of drug-likeness (QED) is 0.753. The molecule has 1 aliphatic heterocycles. The van der Waals surface area contributed by atoms with Crippen molar-refractivity contribution in [2.75, 3.05) is 6.54 Å². The number of nitrogens with two attached hydrogens (primary N) is 1. The molecule has 5 nitrogen and oxygen atoms in total. The van der Waals surface area contributed by atoms with Gasteiger partial charge in [0.05, 0.1) is 0 Å². The summed E-state index contributed by atoms with van der Waals surface area (Å²) in [6, 6.07) is -0.0633. The molecule has 96 valence electrons. The minimum absolute atomic E-state index is 0.257. The second-order valence-electron chi connectivity index (χ2n) is 5.16. The lowest BCUT2D eigenvalue weighted by Crippen LogP contribution is -2.43. The third-order valence-corrected chi connectivity index (χ3v) is 4.12. The van der Waals surface area contributed by atoms with E-state index >= 15 is 0 Å². The number of hydrogen-bond acceptors (Lipinski definition) is 3. The normalized spacial score (nSPS) is 33.3. The van der Waals surface area contributed by atoms with Crippen molar-refractivity contribution in [2.24, 2.45) is 11.7 Å². The van der Waals surface area contributed by atoms with Crippen molar-refractivity contribution in [2.45, 2.75) is 50.6 Å². The maximum atomic E-state index is 11.2. The maximum Gasteiger partial charge on any atom is 0.320 e. The van der Waals surface area contributed by atoms with Gasteiger partial charge in [-0.25, -0.2) is 0 Å². The highest BCUT2D eigenvalue weighted by Gasteiger charge is 2.44. The molecule has 3 N–H and O–H groups in total. The van der Waals surface area contributed by atoms with Crippen LogP contribution in [0.25, 0.3) is 0 Å². The average molecular weight is 240 g/mol. The smallest absolute Gasteiger partial charge is 0.320 e. The van der Waals surface area contributed by atoms with Gasteiger partial charge in [0.25, 0.3) is 0 Å². The van der Waals surface area contributed by atoms with E-state index in [2.05, 4.69) is 0 Å². The van der Waals surface area contributed by atoms with E-state index in [1.807, 2.05) is 4.90 Å². The summed E-state index contributed by atoms with van der Waals surface area (Å²) in [5, 5.41) is 9.24. The first-order valence-corrected chi connectivity index (χ1v) is 6.36. The van der Waals surface area contributed by atoms with Gasteiger partial charge in [0.2, 0.25) is 5.91 Å². The number of carbonyl (C=O) groups is 2. The van der Waals surface area contributed by atoms with Crippen LogP contribution < -0.4 is 5.73 Å². The number of fused-ring (bicyclic) bond motifs is 1. The van der Waals surface area contributed by atoms with Crippen molar-refractivity contribution in [1.82, 2.24) is 4.90 Å². The van der Waals surface area contributed by atoms with E-state index in [1.54, 1.807) is 0 Å². The lowest BCUT2D eigenvalue weighted by Gasteiger charge is -2.32. The zero-order chi connectivity index (χ0) is 12.4.